The Bertz CT molecular complexity index is 181. The van der Waals surface area contributed by atoms with Gasteiger partial charge in [-0.1, -0.05) is 26.2 Å². The molecule has 0 amide bonds. The average Bonchev–Trinajstić information content (AvgIpc) is 2.64. The molecule has 88 valence electrons. The van der Waals surface area contributed by atoms with Gasteiger partial charge in [0.05, 0.1) is 0 Å². The summed E-state index contributed by atoms with van der Waals surface area (Å²) in [5.74, 6) is 1.05. The van der Waals surface area contributed by atoms with Gasteiger partial charge in [-0.05, 0) is 44.7 Å². The maximum atomic E-state index is 3.67. The standard InChI is InChI=1S/C13H26N2/c1-2-13(8-4-9-15-13)11-14-10-7-12-5-3-6-12/h12,14-15H,2-11H2,1H3. The van der Waals surface area contributed by atoms with Crippen molar-refractivity contribution in [2.75, 3.05) is 19.6 Å². The quantitative estimate of drug-likeness (QED) is 0.657. The zero-order valence-electron chi connectivity index (χ0n) is 10.1. The third kappa shape index (κ3) is 2.94. The molecule has 2 fully saturated rings. The van der Waals surface area contributed by atoms with E-state index >= 15 is 0 Å². The topological polar surface area (TPSA) is 24.1 Å². The van der Waals surface area contributed by atoms with Gasteiger partial charge in [0.25, 0.3) is 0 Å². The van der Waals surface area contributed by atoms with E-state index in [0.29, 0.717) is 5.54 Å². The second kappa shape index (κ2) is 5.31. The number of rotatable bonds is 6. The molecule has 1 aliphatic heterocycles. The van der Waals surface area contributed by atoms with Crippen molar-refractivity contribution in [1.29, 1.82) is 0 Å². The molecule has 0 aromatic heterocycles. The number of hydrogen-bond acceptors (Lipinski definition) is 2. The van der Waals surface area contributed by atoms with Crippen molar-refractivity contribution in [3.63, 3.8) is 0 Å². The lowest BCUT2D eigenvalue weighted by molar-refractivity contribution is 0.280. The molecule has 1 aliphatic carbocycles. The molecule has 2 N–H and O–H groups in total. The summed E-state index contributed by atoms with van der Waals surface area (Å²) in [7, 11) is 0. The second-order valence-electron chi connectivity index (χ2n) is 5.43. The molecule has 0 radical (unpaired) electrons. The molecule has 1 unspecified atom stereocenters. The van der Waals surface area contributed by atoms with Crippen molar-refractivity contribution < 1.29 is 0 Å². The summed E-state index contributed by atoms with van der Waals surface area (Å²) in [5, 5.41) is 7.33. The number of hydrogen-bond donors (Lipinski definition) is 2. The Kier molecular flexibility index (Phi) is 4.04. The van der Waals surface area contributed by atoms with Gasteiger partial charge in [-0.2, -0.15) is 0 Å². The van der Waals surface area contributed by atoms with Crippen LogP contribution in [0.5, 0.6) is 0 Å². The third-order valence-electron chi connectivity index (χ3n) is 4.43. The van der Waals surface area contributed by atoms with E-state index in [0.717, 1.165) is 5.92 Å². The molecule has 1 heterocycles. The average molecular weight is 210 g/mol. The Balaban J connectivity index is 1.58. The van der Waals surface area contributed by atoms with Crippen LogP contribution in [-0.2, 0) is 0 Å². The first-order valence-corrected chi connectivity index (χ1v) is 6.80. The van der Waals surface area contributed by atoms with Gasteiger partial charge in [-0.3, -0.25) is 0 Å². The van der Waals surface area contributed by atoms with Crippen LogP contribution in [0.25, 0.3) is 0 Å². The lowest BCUT2D eigenvalue weighted by Crippen LogP contribution is -2.48. The van der Waals surface area contributed by atoms with Gasteiger partial charge >= 0.3 is 0 Å². The van der Waals surface area contributed by atoms with Crippen molar-refractivity contribution in [3.8, 4) is 0 Å². The Morgan fingerprint density at radius 2 is 2.20 bits per heavy atom. The fourth-order valence-corrected chi connectivity index (χ4v) is 2.86. The molecule has 0 aromatic rings. The molecule has 1 saturated heterocycles. The van der Waals surface area contributed by atoms with E-state index in [9.17, 15) is 0 Å². The monoisotopic (exact) mass is 210 g/mol. The van der Waals surface area contributed by atoms with Gasteiger partial charge in [0, 0.05) is 12.1 Å². The first kappa shape index (κ1) is 11.4. The Hall–Kier alpha value is -0.0800. The zero-order valence-corrected chi connectivity index (χ0v) is 10.1. The molecule has 2 heteroatoms. The Morgan fingerprint density at radius 1 is 1.33 bits per heavy atom. The van der Waals surface area contributed by atoms with Gasteiger partial charge in [-0.15, -0.1) is 0 Å². The van der Waals surface area contributed by atoms with Gasteiger partial charge in [-0.25, -0.2) is 0 Å². The van der Waals surface area contributed by atoms with Crippen LogP contribution in [0.4, 0.5) is 0 Å². The molecule has 2 nitrogen and oxygen atoms in total. The highest BCUT2D eigenvalue weighted by Crippen LogP contribution is 2.29. The Morgan fingerprint density at radius 3 is 2.73 bits per heavy atom. The minimum atomic E-state index is 0.430. The summed E-state index contributed by atoms with van der Waals surface area (Å²) < 4.78 is 0. The third-order valence-corrected chi connectivity index (χ3v) is 4.43. The summed E-state index contributed by atoms with van der Waals surface area (Å²) in [6, 6.07) is 0. The van der Waals surface area contributed by atoms with Gasteiger partial charge in [0.1, 0.15) is 0 Å². The SMILES string of the molecule is CCC1(CNCCC2CCC2)CCCN1. The summed E-state index contributed by atoms with van der Waals surface area (Å²) >= 11 is 0. The Labute approximate surface area is 94.2 Å². The first-order chi connectivity index (χ1) is 7.35. The van der Waals surface area contributed by atoms with Crippen LogP contribution in [-0.4, -0.2) is 25.2 Å². The molecular formula is C13H26N2. The van der Waals surface area contributed by atoms with Crippen LogP contribution in [0.1, 0.15) is 51.9 Å². The molecule has 15 heavy (non-hydrogen) atoms. The van der Waals surface area contributed by atoms with Gasteiger partial charge in [0.2, 0.25) is 0 Å². The summed E-state index contributed by atoms with van der Waals surface area (Å²) in [6.45, 7) is 5.94. The summed E-state index contributed by atoms with van der Waals surface area (Å²) in [6.07, 6.45) is 9.84. The normalized spacial score (nSPS) is 31.8. The zero-order chi connectivity index (χ0) is 10.6. The number of nitrogens with one attached hydrogen (secondary N) is 2. The maximum absolute atomic E-state index is 3.67. The van der Waals surface area contributed by atoms with Gasteiger partial charge < -0.3 is 10.6 Å². The van der Waals surface area contributed by atoms with Crippen LogP contribution in [0.2, 0.25) is 0 Å². The first-order valence-electron chi connectivity index (χ1n) is 6.80. The van der Waals surface area contributed by atoms with E-state index in [-0.39, 0.29) is 0 Å². The van der Waals surface area contributed by atoms with E-state index < -0.39 is 0 Å². The minimum Gasteiger partial charge on any atom is -0.315 e. The minimum absolute atomic E-state index is 0.430. The fourth-order valence-electron chi connectivity index (χ4n) is 2.86. The predicted molar refractivity (Wildman–Crippen MR) is 65.1 cm³/mol. The molecule has 2 aliphatic rings. The highest BCUT2D eigenvalue weighted by molar-refractivity contribution is 4.93. The van der Waals surface area contributed by atoms with E-state index in [4.69, 9.17) is 0 Å². The van der Waals surface area contributed by atoms with Crippen molar-refractivity contribution in [2.24, 2.45) is 5.92 Å². The largest absolute Gasteiger partial charge is 0.315 e. The van der Waals surface area contributed by atoms with Crippen LogP contribution in [0.3, 0.4) is 0 Å². The molecule has 0 aromatic carbocycles. The fraction of sp³-hybridized carbons (Fsp3) is 1.00. The lowest BCUT2D eigenvalue weighted by atomic mass is 9.83. The predicted octanol–water partition coefficient (Wildman–Crippen LogP) is 2.30. The van der Waals surface area contributed by atoms with Crippen molar-refractivity contribution in [2.45, 2.75) is 57.4 Å². The smallest absolute Gasteiger partial charge is 0.0304 e. The van der Waals surface area contributed by atoms with Crippen molar-refractivity contribution in [1.82, 2.24) is 10.6 Å². The molecule has 1 atom stereocenters. The summed E-state index contributed by atoms with van der Waals surface area (Å²) in [5.41, 5.74) is 0.430. The van der Waals surface area contributed by atoms with E-state index in [1.807, 2.05) is 0 Å². The lowest BCUT2D eigenvalue weighted by Gasteiger charge is -2.30. The molecule has 0 spiro atoms. The van der Waals surface area contributed by atoms with E-state index in [1.54, 1.807) is 0 Å². The van der Waals surface area contributed by atoms with Gasteiger partial charge in [0.15, 0.2) is 0 Å². The molecular weight excluding hydrogens is 184 g/mol. The highest BCUT2D eigenvalue weighted by atomic mass is 15.1. The van der Waals surface area contributed by atoms with Crippen LogP contribution in [0, 0.1) is 5.92 Å². The van der Waals surface area contributed by atoms with E-state index in [1.165, 1.54) is 64.6 Å². The maximum Gasteiger partial charge on any atom is 0.0304 e. The molecule has 1 saturated carbocycles. The van der Waals surface area contributed by atoms with E-state index in [2.05, 4.69) is 17.6 Å². The second-order valence-corrected chi connectivity index (χ2v) is 5.43. The summed E-state index contributed by atoms with van der Waals surface area (Å²) in [4.78, 5) is 0. The molecule has 0 bridgehead atoms. The van der Waals surface area contributed by atoms with Crippen molar-refractivity contribution >= 4 is 0 Å². The van der Waals surface area contributed by atoms with Crippen LogP contribution in [0.15, 0.2) is 0 Å². The highest BCUT2D eigenvalue weighted by Gasteiger charge is 2.30. The van der Waals surface area contributed by atoms with Crippen LogP contribution < -0.4 is 10.6 Å². The van der Waals surface area contributed by atoms with Crippen LogP contribution >= 0.6 is 0 Å². The van der Waals surface area contributed by atoms with Crippen molar-refractivity contribution in [3.05, 3.63) is 0 Å². The molecule has 2 rings (SSSR count).